The summed E-state index contributed by atoms with van der Waals surface area (Å²) in [6, 6.07) is 9.05. The van der Waals surface area contributed by atoms with Crippen LogP contribution < -0.4 is 19.5 Å². The lowest BCUT2D eigenvalue weighted by atomic mass is 10.1. The highest BCUT2D eigenvalue weighted by Gasteiger charge is 2.20. The number of benzene rings is 2. The lowest BCUT2D eigenvalue weighted by Gasteiger charge is -2.20. The van der Waals surface area contributed by atoms with Gasteiger partial charge < -0.3 is 14.2 Å². The molecule has 0 saturated carbocycles. The number of ether oxygens (including phenoxy) is 3. The van der Waals surface area contributed by atoms with Crippen molar-refractivity contribution in [2.45, 2.75) is 6.92 Å². The van der Waals surface area contributed by atoms with Crippen molar-refractivity contribution in [1.29, 1.82) is 0 Å². The fourth-order valence-electron chi connectivity index (χ4n) is 2.89. The summed E-state index contributed by atoms with van der Waals surface area (Å²) >= 11 is 7.55. The Balaban J connectivity index is 1.57. The average molecular weight is 417 g/mol. The monoisotopic (exact) mass is 416 g/mol. The number of amides is 1. The van der Waals surface area contributed by atoms with E-state index in [0.717, 1.165) is 22.6 Å². The maximum absolute atomic E-state index is 12.7. The van der Waals surface area contributed by atoms with Gasteiger partial charge in [0.1, 0.15) is 19.0 Å². The van der Waals surface area contributed by atoms with Crippen LogP contribution in [-0.2, 0) is 0 Å². The number of hydrogen-bond donors (Lipinski definition) is 1. The third-order valence-corrected chi connectivity index (χ3v) is 5.25. The molecule has 2 aromatic carbocycles. The Kier molecular flexibility index (Phi) is 5.11. The van der Waals surface area contributed by atoms with Gasteiger partial charge in [0.25, 0.3) is 5.91 Å². The number of hydrogen-bond acceptors (Lipinski definition) is 6. The van der Waals surface area contributed by atoms with Gasteiger partial charge in [0.05, 0.1) is 17.8 Å². The molecule has 1 N–H and O–H groups in total. The second kappa shape index (κ2) is 7.69. The smallest absolute Gasteiger partial charge is 0.257 e. The highest BCUT2D eigenvalue weighted by molar-refractivity contribution is 7.14. The summed E-state index contributed by atoms with van der Waals surface area (Å²) in [4.78, 5) is 17.2. The average Bonchev–Trinajstić information content (AvgIpc) is 3.16. The first-order valence-electron chi connectivity index (χ1n) is 8.56. The zero-order chi connectivity index (χ0) is 19.7. The highest BCUT2D eigenvalue weighted by atomic mass is 35.5. The normalized spacial score (nSPS) is 12.5. The Bertz CT molecular complexity index is 1050. The third-order valence-electron chi connectivity index (χ3n) is 4.21. The van der Waals surface area contributed by atoms with Crippen LogP contribution in [0.4, 0.5) is 5.13 Å². The van der Waals surface area contributed by atoms with Gasteiger partial charge in [-0.05, 0) is 31.2 Å². The number of nitrogens with zero attached hydrogens (tertiary/aromatic N) is 1. The third kappa shape index (κ3) is 3.63. The lowest BCUT2D eigenvalue weighted by molar-refractivity contribution is 0.102. The summed E-state index contributed by atoms with van der Waals surface area (Å²) < 4.78 is 16.4. The minimum absolute atomic E-state index is 0.323. The maximum Gasteiger partial charge on any atom is 0.257 e. The molecule has 0 radical (unpaired) electrons. The van der Waals surface area contributed by atoms with E-state index in [1.54, 1.807) is 19.2 Å². The molecule has 0 fully saturated rings. The van der Waals surface area contributed by atoms with E-state index in [9.17, 15) is 4.79 Å². The number of aryl methyl sites for hydroxylation is 1. The quantitative estimate of drug-likeness (QED) is 0.661. The largest absolute Gasteiger partial charge is 0.496 e. The van der Waals surface area contributed by atoms with Crippen LogP contribution in [0.25, 0.3) is 11.3 Å². The van der Waals surface area contributed by atoms with Crippen LogP contribution >= 0.6 is 22.9 Å². The molecule has 0 unspecified atom stereocenters. The summed E-state index contributed by atoms with van der Waals surface area (Å²) in [7, 11) is 1.62. The van der Waals surface area contributed by atoms with Crippen molar-refractivity contribution < 1.29 is 19.0 Å². The molecule has 0 saturated heterocycles. The van der Waals surface area contributed by atoms with Gasteiger partial charge in [0, 0.05) is 16.5 Å². The van der Waals surface area contributed by atoms with Gasteiger partial charge in [-0.2, -0.15) is 0 Å². The van der Waals surface area contributed by atoms with E-state index in [1.807, 2.05) is 30.5 Å². The second-order valence-electron chi connectivity index (χ2n) is 6.18. The fraction of sp³-hybridized carbons (Fsp3) is 0.200. The fourth-order valence-corrected chi connectivity index (χ4v) is 3.86. The molecule has 8 heteroatoms. The Morgan fingerprint density at radius 3 is 2.89 bits per heavy atom. The number of nitrogens with one attached hydrogen (secondary N) is 1. The van der Waals surface area contributed by atoms with Crippen LogP contribution in [0.1, 0.15) is 15.9 Å². The molecule has 28 heavy (non-hydrogen) atoms. The van der Waals surface area contributed by atoms with Gasteiger partial charge >= 0.3 is 0 Å². The maximum atomic E-state index is 12.7. The zero-order valence-electron chi connectivity index (χ0n) is 15.2. The van der Waals surface area contributed by atoms with Crippen molar-refractivity contribution >= 4 is 34.0 Å². The molecule has 0 atom stereocenters. The Morgan fingerprint density at radius 1 is 1.25 bits per heavy atom. The van der Waals surface area contributed by atoms with E-state index in [4.69, 9.17) is 25.8 Å². The summed E-state index contributed by atoms with van der Waals surface area (Å²) in [6.07, 6.45) is 0. The molecule has 0 bridgehead atoms. The van der Waals surface area contributed by atoms with Crippen molar-refractivity contribution in [2.75, 3.05) is 25.6 Å². The molecule has 2 heterocycles. The van der Waals surface area contributed by atoms with Gasteiger partial charge in [-0.1, -0.05) is 23.2 Å². The molecule has 4 rings (SSSR count). The van der Waals surface area contributed by atoms with E-state index in [0.29, 0.717) is 40.4 Å². The molecule has 1 amide bonds. The standard InChI is InChI=1S/C20H17ClN2O4S/c1-11-3-4-16(25-2)13(7-11)15-10-28-20(22-15)23-19(24)12-8-14(21)18-17(9-12)26-5-6-27-18/h3-4,7-10H,5-6H2,1-2H3,(H,22,23,24). The number of aromatic nitrogens is 1. The first-order valence-corrected chi connectivity index (χ1v) is 9.82. The number of fused-ring (bicyclic) bond motifs is 1. The lowest BCUT2D eigenvalue weighted by Crippen LogP contribution is -2.17. The highest BCUT2D eigenvalue weighted by Crippen LogP contribution is 2.39. The summed E-state index contributed by atoms with van der Waals surface area (Å²) in [5.74, 6) is 1.34. The molecular weight excluding hydrogens is 400 g/mol. The van der Waals surface area contributed by atoms with Gasteiger partial charge in [0.2, 0.25) is 0 Å². The molecule has 144 valence electrons. The van der Waals surface area contributed by atoms with Crippen LogP contribution in [0, 0.1) is 6.92 Å². The van der Waals surface area contributed by atoms with Crippen molar-refractivity contribution in [2.24, 2.45) is 0 Å². The van der Waals surface area contributed by atoms with E-state index in [-0.39, 0.29) is 5.91 Å². The Labute approximate surface area is 171 Å². The number of carbonyl (C=O) groups is 1. The summed E-state index contributed by atoms with van der Waals surface area (Å²) in [6.45, 7) is 2.86. The minimum atomic E-state index is -0.323. The molecular formula is C20H17ClN2O4S. The number of thiazole rings is 1. The van der Waals surface area contributed by atoms with E-state index in [1.165, 1.54) is 11.3 Å². The van der Waals surface area contributed by atoms with Crippen LogP contribution in [0.2, 0.25) is 5.02 Å². The van der Waals surface area contributed by atoms with E-state index < -0.39 is 0 Å². The van der Waals surface area contributed by atoms with Gasteiger partial charge in [-0.3, -0.25) is 10.1 Å². The topological polar surface area (TPSA) is 69.7 Å². The first kappa shape index (κ1) is 18.6. The zero-order valence-corrected chi connectivity index (χ0v) is 16.8. The van der Waals surface area contributed by atoms with Gasteiger partial charge in [0.15, 0.2) is 16.6 Å². The molecule has 0 aliphatic carbocycles. The van der Waals surface area contributed by atoms with Crippen LogP contribution in [0.3, 0.4) is 0 Å². The minimum Gasteiger partial charge on any atom is -0.496 e. The number of rotatable bonds is 4. The number of carbonyl (C=O) groups excluding carboxylic acids is 1. The Morgan fingerprint density at radius 2 is 2.07 bits per heavy atom. The van der Waals surface area contributed by atoms with Crippen molar-refractivity contribution in [3.8, 4) is 28.5 Å². The SMILES string of the molecule is COc1ccc(C)cc1-c1csc(NC(=O)c2cc(Cl)c3c(c2)OCCO3)n1. The van der Waals surface area contributed by atoms with Gasteiger partial charge in [-0.15, -0.1) is 11.3 Å². The van der Waals surface area contributed by atoms with Crippen LogP contribution in [-0.4, -0.2) is 31.2 Å². The van der Waals surface area contributed by atoms with Crippen molar-refractivity contribution in [1.82, 2.24) is 4.98 Å². The molecule has 0 spiro atoms. The summed E-state index contributed by atoms with van der Waals surface area (Å²) in [5, 5.41) is 5.51. The van der Waals surface area contributed by atoms with E-state index >= 15 is 0 Å². The first-order chi connectivity index (χ1) is 13.5. The summed E-state index contributed by atoms with van der Waals surface area (Å²) in [5.41, 5.74) is 3.09. The predicted molar refractivity (Wildman–Crippen MR) is 109 cm³/mol. The predicted octanol–water partition coefficient (Wildman–Crippen LogP) is 4.80. The molecule has 1 aliphatic heterocycles. The second-order valence-corrected chi connectivity index (χ2v) is 7.44. The van der Waals surface area contributed by atoms with Crippen LogP contribution in [0.15, 0.2) is 35.7 Å². The Hall–Kier alpha value is -2.77. The van der Waals surface area contributed by atoms with Crippen molar-refractivity contribution in [3.63, 3.8) is 0 Å². The number of anilines is 1. The number of halogens is 1. The number of methoxy groups -OCH3 is 1. The molecule has 1 aromatic heterocycles. The molecule has 6 nitrogen and oxygen atoms in total. The molecule has 1 aliphatic rings. The molecule has 3 aromatic rings. The van der Waals surface area contributed by atoms with E-state index in [2.05, 4.69) is 10.3 Å². The van der Waals surface area contributed by atoms with Crippen LogP contribution in [0.5, 0.6) is 17.2 Å². The van der Waals surface area contributed by atoms with Crippen molar-refractivity contribution in [3.05, 3.63) is 51.9 Å². The van der Waals surface area contributed by atoms with Gasteiger partial charge in [-0.25, -0.2) is 4.98 Å².